The van der Waals surface area contributed by atoms with Crippen LogP contribution in [0, 0.1) is 20.2 Å². The number of nitrogens with zero attached hydrogens (tertiary/aromatic N) is 4. The highest BCUT2D eigenvalue weighted by atomic mass is 16.6. The van der Waals surface area contributed by atoms with E-state index >= 15 is 0 Å². The van der Waals surface area contributed by atoms with Crippen molar-refractivity contribution in [3.8, 4) is 28.8 Å². The lowest BCUT2D eigenvalue weighted by Gasteiger charge is -2.10. The van der Waals surface area contributed by atoms with E-state index in [0.717, 1.165) is 0 Å². The van der Waals surface area contributed by atoms with Crippen LogP contribution in [-0.2, 0) is 6.42 Å². The summed E-state index contributed by atoms with van der Waals surface area (Å²) in [5.74, 6) is 0.752. The largest absolute Gasteiger partial charge is 0.496 e. The lowest BCUT2D eigenvalue weighted by molar-refractivity contribution is -0.385. The van der Waals surface area contributed by atoms with Crippen LogP contribution in [0.25, 0.3) is 11.4 Å². The van der Waals surface area contributed by atoms with Gasteiger partial charge < -0.3 is 9.47 Å². The Morgan fingerprint density at radius 1 is 0.966 bits per heavy atom. The molecular formula is C19H16N4O6. The lowest BCUT2D eigenvalue weighted by atomic mass is 10.2. The molecular weight excluding hydrogens is 380 g/mol. The van der Waals surface area contributed by atoms with Crippen molar-refractivity contribution in [2.75, 3.05) is 7.11 Å². The zero-order valence-electron chi connectivity index (χ0n) is 15.6. The fourth-order valence-corrected chi connectivity index (χ4v) is 2.53. The van der Waals surface area contributed by atoms with Gasteiger partial charge in [-0.25, -0.2) is 4.98 Å². The van der Waals surface area contributed by atoms with Crippen molar-refractivity contribution in [1.29, 1.82) is 0 Å². The van der Waals surface area contributed by atoms with E-state index in [4.69, 9.17) is 9.47 Å². The van der Waals surface area contributed by atoms with Gasteiger partial charge in [0.15, 0.2) is 5.82 Å². The Kier molecular flexibility index (Phi) is 5.63. The van der Waals surface area contributed by atoms with Crippen molar-refractivity contribution in [1.82, 2.24) is 9.97 Å². The zero-order chi connectivity index (χ0) is 21.0. The quantitative estimate of drug-likeness (QED) is 0.426. The summed E-state index contributed by atoms with van der Waals surface area (Å²) in [6.07, 6.45) is 0.573. The van der Waals surface area contributed by atoms with Gasteiger partial charge in [-0.3, -0.25) is 20.2 Å². The molecule has 0 radical (unpaired) electrons. The third-order valence-corrected chi connectivity index (χ3v) is 4.03. The summed E-state index contributed by atoms with van der Waals surface area (Å²) in [7, 11) is 1.41. The maximum absolute atomic E-state index is 11.4. The minimum absolute atomic E-state index is 0.00574. The van der Waals surface area contributed by atoms with E-state index < -0.39 is 9.85 Å². The third-order valence-electron chi connectivity index (χ3n) is 4.03. The molecule has 0 bridgehead atoms. The van der Waals surface area contributed by atoms with E-state index in [0.29, 0.717) is 29.3 Å². The predicted octanol–water partition coefficient (Wildman–Crippen LogP) is 4.32. The molecule has 10 nitrogen and oxygen atoms in total. The summed E-state index contributed by atoms with van der Waals surface area (Å²) < 4.78 is 10.7. The number of benzene rings is 2. The van der Waals surface area contributed by atoms with Crippen molar-refractivity contribution in [3.05, 3.63) is 74.5 Å². The Hall–Kier alpha value is -4.08. The monoisotopic (exact) mass is 396 g/mol. The lowest BCUT2D eigenvalue weighted by Crippen LogP contribution is -2.00. The minimum atomic E-state index is -0.572. The maximum atomic E-state index is 11.4. The summed E-state index contributed by atoms with van der Waals surface area (Å²) in [6, 6.07) is 11.6. The van der Waals surface area contributed by atoms with Crippen LogP contribution in [0.2, 0.25) is 0 Å². The van der Waals surface area contributed by atoms with Crippen LogP contribution in [0.4, 0.5) is 11.4 Å². The van der Waals surface area contributed by atoms with Crippen molar-refractivity contribution < 1.29 is 19.3 Å². The summed E-state index contributed by atoms with van der Waals surface area (Å²) in [6.45, 7) is 1.89. The second-order valence-corrected chi connectivity index (χ2v) is 5.87. The highest BCUT2D eigenvalue weighted by Gasteiger charge is 2.19. The average Bonchev–Trinajstić information content (AvgIpc) is 2.73. The van der Waals surface area contributed by atoms with Crippen molar-refractivity contribution in [2.45, 2.75) is 13.3 Å². The van der Waals surface area contributed by atoms with Crippen LogP contribution in [0.5, 0.6) is 17.4 Å². The van der Waals surface area contributed by atoms with Crippen molar-refractivity contribution in [3.63, 3.8) is 0 Å². The van der Waals surface area contributed by atoms with Crippen molar-refractivity contribution >= 4 is 11.4 Å². The van der Waals surface area contributed by atoms with Crippen LogP contribution in [0.15, 0.2) is 48.5 Å². The van der Waals surface area contributed by atoms with Gasteiger partial charge in [0, 0.05) is 29.5 Å². The first-order valence-electron chi connectivity index (χ1n) is 8.54. The second-order valence-electron chi connectivity index (χ2n) is 5.87. The molecule has 0 atom stereocenters. The van der Waals surface area contributed by atoms with E-state index in [2.05, 4.69) is 9.97 Å². The van der Waals surface area contributed by atoms with Gasteiger partial charge in [0.05, 0.1) is 23.0 Å². The first-order chi connectivity index (χ1) is 13.9. The number of nitro groups is 2. The Balaban J connectivity index is 2.00. The standard InChI is InChI=1S/C19H16N4O6/c1-3-13-10-18(29-17-9-8-15(28-2)11-16(17)23(26)27)21-19(20-13)12-4-6-14(7-5-12)22(24)25/h4-11H,3H2,1-2H3. The number of aryl methyl sites for hydroxylation is 1. The van der Waals surface area contributed by atoms with Gasteiger partial charge >= 0.3 is 5.69 Å². The fraction of sp³-hybridized carbons (Fsp3) is 0.158. The SMILES string of the molecule is CCc1cc(Oc2ccc(OC)cc2[N+](=O)[O-])nc(-c2ccc([N+](=O)[O-])cc2)n1. The number of nitro benzene ring substituents is 2. The van der Waals surface area contributed by atoms with E-state index in [1.54, 1.807) is 12.1 Å². The van der Waals surface area contributed by atoms with E-state index in [1.165, 1.54) is 43.5 Å². The number of hydrogen-bond acceptors (Lipinski definition) is 8. The number of aromatic nitrogens is 2. The molecule has 3 rings (SSSR count). The minimum Gasteiger partial charge on any atom is -0.496 e. The van der Waals surface area contributed by atoms with Gasteiger partial charge in [-0.05, 0) is 30.7 Å². The Labute approximate surface area is 165 Å². The van der Waals surface area contributed by atoms with Crippen LogP contribution < -0.4 is 9.47 Å². The Morgan fingerprint density at radius 3 is 2.28 bits per heavy atom. The van der Waals surface area contributed by atoms with E-state index in [-0.39, 0.29) is 23.0 Å². The number of methoxy groups -OCH3 is 1. The molecule has 1 aromatic heterocycles. The predicted molar refractivity (Wildman–Crippen MR) is 103 cm³/mol. The molecule has 0 N–H and O–H groups in total. The highest BCUT2D eigenvalue weighted by molar-refractivity contribution is 5.58. The molecule has 0 amide bonds. The molecule has 3 aromatic rings. The summed E-state index contributed by atoms with van der Waals surface area (Å²) in [4.78, 5) is 29.8. The molecule has 0 unspecified atom stereocenters. The number of rotatable bonds is 7. The number of ether oxygens (including phenoxy) is 2. The topological polar surface area (TPSA) is 131 Å². The highest BCUT2D eigenvalue weighted by Crippen LogP contribution is 2.34. The first kappa shape index (κ1) is 19.7. The molecule has 0 saturated carbocycles. The first-order valence-corrected chi connectivity index (χ1v) is 8.54. The normalized spacial score (nSPS) is 10.4. The fourth-order valence-electron chi connectivity index (χ4n) is 2.53. The van der Waals surface area contributed by atoms with Gasteiger partial charge in [-0.2, -0.15) is 4.98 Å². The van der Waals surface area contributed by atoms with Crippen molar-refractivity contribution in [2.24, 2.45) is 0 Å². The Morgan fingerprint density at radius 2 is 1.69 bits per heavy atom. The van der Waals surface area contributed by atoms with Gasteiger partial charge in [0.1, 0.15) is 5.75 Å². The molecule has 0 aliphatic carbocycles. The van der Waals surface area contributed by atoms with E-state index in [9.17, 15) is 20.2 Å². The molecule has 0 saturated heterocycles. The maximum Gasteiger partial charge on any atom is 0.315 e. The van der Waals surface area contributed by atoms with Crippen LogP contribution >= 0.6 is 0 Å². The smallest absolute Gasteiger partial charge is 0.315 e. The van der Waals surface area contributed by atoms with Crippen LogP contribution in [-0.4, -0.2) is 26.9 Å². The molecule has 2 aromatic carbocycles. The Bertz CT molecular complexity index is 1070. The number of non-ortho nitro benzene ring substituents is 1. The van der Waals surface area contributed by atoms with Crippen LogP contribution in [0.1, 0.15) is 12.6 Å². The second kappa shape index (κ2) is 8.30. The molecule has 0 aliphatic heterocycles. The molecule has 1 heterocycles. The zero-order valence-corrected chi connectivity index (χ0v) is 15.6. The summed E-state index contributed by atoms with van der Waals surface area (Å²) in [5.41, 5.74) is 0.892. The van der Waals surface area contributed by atoms with Gasteiger partial charge in [-0.15, -0.1) is 0 Å². The van der Waals surface area contributed by atoms with Crippen LogP contribution in [0.3, 0.4) is 0 Å². The summed E-state index contributed by atoms with van der Waals surface area (Å²) >= 11 is 0. The summed E-state index contributed by atoms with van der Waals surface area (Å²) in [5, 5.41) is 22.2. The molecule has 148 valence electrons. The van der Waals surface area contributed by atoms with E-state index in [1.807, 2.05) is 6.92 Å². The molecule has 10 heteroatoms. The molecule has 0 aliphatic rings. The van der Waals surface area contributed by atoms with Gasteiger partial charge in [-0.1, -0.05) is 6.92 Å². The number of hydrogen-bond donors (Lipinski definition) is 0. The molecule has 0 fully saturated rings. The van der Waals surface area contributed by atoms with Gasteiger partial charge in [0.25, 0.3) is 5.69 Å². The molecule has 0 spiro atoms. The molecule has 29 heavy (non-hydrogen) atoms. The van der Waals surface area contributed by atoms with Gasteiger partial charge in [0.2, 0.25) is 11.6 Å². The third kappa shape index (κ3) is 4.43. The average molecular weight is 396 g/mol.